The van der Waals surface area contributed by atoms with Gasteiger partial charge in [0.25, 0.3) is 0 Å². The normalized spacial score (nSPS) is 28.0. The lowest BCUT2D eigenvalue weighted by Gasteiger charge is -2.40. The maximum atomic E-state index is 12.2. The second kappa shape index (κ2) is 8.56. The summed E-state index contributed by atoms with van der Waals surface area (Å²) in [5.74, 6) is 0.318. The number of carbonyl (C=O) groups is 1. The zero-order chi connectivity index (χ0) is 17.1. The molecule has 2 fully saturated rings. The van der Waals surface area contributed by atoms with Crippen LogP contribution in [0.4, 0.5) is 0 Å². The van der Waals surface area contributed by atoms with Crippen molar-refractivity contribution in [2.75, 3.05) is 6.61 Å². The zero-order valence-corrected chi connectivity index (χ0v) is 17.0. The van der Waals surface area contributed by atoms with Crippen molar-refractivity contribution < 1.29 is 14.3 Å². The van der Waals surface area contributed by atoms with Crippen molar-refractivity contribution in [3.8, 4) is 0 Å². The highest BCUT2D eigenvalue weighted by Crippen LogP contribution is 2.37. The minimum atomic E-state index is -0.412. The van der Waals surface area contributed by atoms with E-state index in [4.69, 9.17) is 32.7 Å². The molecular formula is C18H21Cl2IO3. The molecule has 1 aliphatic heterocycles. The molecule has 0 N–H and O–H groups in total. The van der Waals surface area contributed by atoms with Crippen molar-refractivity contribution >= 4 is 51.8 Å². The van der Waals surface area contributed by atoms with Crippen LogP contribution in [0.1, 0.15) is 48.9 Å². The fourth-order valence-corrected chi connectivity index (χ4v) is 4.81. The smallest absolute Gasteiger partial charge is 0.339 e. The fraction of sp³-hybridized carbons (Fsp3) is 0.611. The molecule has 3 nitrogen and oxygen atoms in total. The molecule has 0 spiro atoms. The molecule has 4 atom stereocenters. The molecule has 1 saturated heterocycles. The highest BCUT2D eigenvalue weighted by Gasteiger charge is 2.35. The predicted octanol–water partition coefficient (Wildman–Crippen LogP) is 5.69. The molecule has 2 aliphatic rings. The van der Waals surface area contributed by atoms with Crippen LogP contribution in [0.15, 0.2) is 18.2 Å². The molecule has 0 aromatic heterocycles. The van der Waals surface area contributed by atoms with Crippen LogP contribution in [0.25, 0.3) is 0 Å². The fourth-order valence-electron chi connectivity index (χ4n) is 3.62. The Morgan fingerprint density at radius 1 is 1.25 bits per heavy atom. The lowest BCUT2D eigenvalue weighted by molar-refractivity contribution is -0.100. The molecule has 24 heavy (non-hydrogen) atoms. The first kappa shape index (κ1) is 18.7. The van der Waals surface area contributed by atoms with E-state index < -0.39 is 5.97 Å². The van der Waals surface area contributed by atoms with Gasteiger partial charge in [0, 0.05) is 5.02 Å². The summed E-state index contributed by atoms with van der Waals surface area (Å²) in [6.07, 6.45) is 7.92. The van der Waals surface area contributed by atoms with E-state index in [1.807, 2.05) is 0 Å². The second-order valence-electron chi connectivity index (χ2n) is 6.57. The standard InChI is InChI=1S/C18H21Cl2IO3/c19-12-6-7-13(14(20)9-12)18(22)23-10-15(21)17-8-5-11-3-1-2-4-16(11)24-17/h6-7,9,11,15-17H,1-5,8,10H2/t11-,15+,16+,17-/m0/s1. The molecule has 1 saturated carbocycles. The van der Waals surface area contributed by atoms with E-state index in [1.165, 1.54) is 32.1 Å². The van der Waals surface area contributed by atoms with Crippen molar-refractivity contribution in [2.24, 2.45) is 5.92 Å². The monoisotopic (exact) mass is 482 g/mol. The van der Waals surface area contributed by atoms with Crippen LogP contribution >= 0.6 is 45.8 Å². The Morgan fingerprint density at radius 2 is 2.04 bits per heavy atom. The first-order valence-corrected chi connectivity index (χ1v) is 10.5. The van der Waals surface area contributed by atoms with Gasteiger partial charge in [0.2, 0.25) is 0 Å². The van der Waals surface area contributed by atoms with Gasteiger partial charge in [-0.2, -0.15) is 0 Å². The minimum Gasteiger partial charge on any atom is -0.461 e. The van der Waals surface area contributed by atoms with Gasteiger partial charge in [-0.1, -0.05) is 58.6 Å². The Hall–Kier alpha value is -0.0400. The summed E-state index contributed by atoms with van der Waals surface area (Å²) >= 11 is 14.2. The first-order chi connectivity index (χ1) is 11.5. The third kappa shape index (κ3) is 4.57. The summed E-state index contributed by atoms with van der Waals surface area (Å²) in [4.78, 5) is 12.2. The van der Waals surface area contributed by atoms with E-state index >= 15 is 0 Å². The first-order valence-electron chi connectivity index (χ1n) is 8.46. The molecule has 132 valence electrons. The topological polar surface area (TPSA) is 35.5 Å². The molecule has 1 aromatic rings. The van der Waals surface area contributed by atoms with Crippen LogP contribution in [0.5, 0.6) is 0 Å². The van der Waals surface area contributed by atoms with Gasteiger partial charge in [-0.3, -0.25) is 0 Å². The number of hydrogen-bond donors (Lipinski definition) is 0. The summed E-state index contributed by atoms with van der Waals surface area (Å²) in [5.41, 5.74) is 0.349. The number of esters is 1. The largest absolute Gasteiger partial charge is 0.461 e. The van der Waals surface area contributed by atoms with Gasteiger partial charge in [0.15, 0.2) is 0 Å². The Bertz CT molecular complexity index is 596. The number of carbonyl (C=O) groups excluding carboxylic acids is 1. The number of alkyl halides is 1. The lowest BCUT2D eigenvalue weighted by Crippen LogP contribution is -2.42. The maximum absolute atomic E-state index is 12.2. The van der Waals surface area contributed by atoms with E-state index in [0.717, 1.165) is 12.3 Å². The number of halogens is 3. The predicted molar refractivity (Wildman–Crippen MR) is 104 cm³/mol. The number of benzene rings is 1. The van der Waals surface area contributed by atoms with E-state index in [1.54, 1.807) is 18.2 Å². The third-order valence-electron chi connectivity index (χ3n) is 4.94. The molecule has 0 unspecified atom stereocenters. The molecule has 0 amide bonds. The summed E-state index contributed by atoms with van der Waals surface area (Å²) in [6.45, 7) is 0.334. The third-order valence-corrected chi connectivity index (χ3v) is 6.65. The van der Waals surface area contributed by atoms with Crippen molar-refractivity contribution in [1.82, 2.24) is 0 Å². The molecule has 1 heterocycles. The van der Waals surface area contributed by atoms with Gasteiger partial charge in [0.05, 0.1) is 26.7 Å². The number of rotatable bonds is 4. The van der Waals surface area contributed by atoms with Gasteiger partial charge in [-0.25, -0.2) is 4.79 Å². The second-order valence-corrected chi connectivity index (χ2v) is 9.02. The van der Waals surface area contributed by atoms with E-state index in [-0.39, 0.29) is 10.0 Å². The highest BCUT2D eigenvalue weighted by atomic mass is 127. The maximum Gasteiger partial charge on any atom is 0.339 e. The van der Waals surface area contributed by atoms with Crippen LogP contribution < -0.4 is 0 Å². The Balaban J connectivity index is 1.51. The Kier molecular flexibility index (Phi) is 6.69. The zero-order valence-electron chi connectivity index (χ0n) is 13.3. The molecule has 0 radical (unpaired) electrons. The minimum absolute atomic E-state index is 0.153. The SMILES string of the molecule is O=C(OC[C@@H](I)[C@@H]1CC[C@@H]2CCCC[C@H]2O1)c1ccc(Cl)cc1Cl. The number of hydrogen-bond acceptors (Lipinski definition) is 3. The van der Waals surface area contributed by atoms with E-state index in [9.17, 15) is 4.79 Å². The Morgan fingerprint density at radius 3 is 2.83 bits per heavy atom. The van der Waals surface area contributed by atoms with Crippen LogP contribution in [-0.4, -0.2) is 28.7 Å². The van der Waals surface area contributed by atoms with Crippen molar-refractivity contribution in [2.45, 2.75) is 54.7 Å². The van der Waals surface area contributed by atoms with Gasteiger partial charge < -0.3 is 9.47 Å². The lowest BCUT2D eigenvalue weighted by atomic mass is 9.80. The molecular weight excluding hydrogens is 462 g/mol. The summed E-state index contributed by atoms with van der Waals surface area (Å²) in [7, 11) is 0. The van der Waals surface area contributed by atoms with E-state index in [2.05, 4.69) is 22.6 Å². The molecule has 1 aliphatic carbocycles. The Labute approximate surface area is 166 Å². The average molecular weight is 483 g/mol. The van der Waals surface area contributed by atoms with Crippen LogP contribution in [0, 0.1) is 5.92 Å². The van der Waals surface area contributed by atoms with Crippen LogP contribution in [-0.2, 0) is 9.47 Å². The molecule has 3 rings (SSSR count). The average Bonchev–Trinajstić information content (AvgIpc) is 2.59. The van der Waals surface area contributed by atoms with Gasteiger partial charge >= 0.3 is 5.97 Å². The van der Waals surface area contributed by atoms with Gasteiger partial charge in [0.1, 0.15) is 6.61 Å². The van der Waals surface area contributed by atoms with Gasteiger partial charge in [-0.05, 0) is 49.8 Å². The summed E-state index contributed by atoms with van der Waals surface area (Å²) in [6, 6.07) is 4.78. The molecule has 0 bridgehead atoms. The van der Waals surface area contributed by atoms with Crippen molar-refractivity contribution in [1.29, 1.82) is 0 Å². The summed E-state index contributed by atoms with van der Waals surface area (Å²) in [5, 5.41) is 0.817. The number of fused-ring (bicyclic) bond motifs is 1. The highest BCUT2D eigenvalue weighted by molar-refractivity contribution is 14.1. The van der Waals surface area contributed by atoms with E-state index in [0.29, 0.717) is 28.3 Å². The molecule has 1 aromatic carbocycles. The van der Waals surface area contributed by atoms with Gasteiger partial charge in [-0.15, -0.1) is 0 Å². The van der Waals surface area contributed by atoms with Crippen molar-refractivity contribution in [3.63, 3.8) is 0 Å². The van der Waals surface area contributed by atoms with Crippen LogP contribution in [0.2, 0.25) is 10.0 Å². The quantitative estimate of drug-likeness (QED) is 0.314. The molecule has 6 heteroatoms. The number of ether oxygens (including phenoxy) is 2. The van der Waals surface area contributed by atoms with Crippen LogP contribution in [0.3, 0.4) is 0 Å². The van der Waals surface area contributed by atoms with Crippen molar-refractivity contribution in [3.05, 3.63) is 33.8 Å². The summed E-state index contributed by atoms with van der Waals surface area (Å²) < 4.78 is 11.9.